The molecule has 0 saturated carbocycles. The SMILES string of the molecule is CCCCn1nnnc1CSc1nnc(-c2cc(OC)cc(OC)c2)o1. The maximum absolute atomic E-state index is 5.74. The van der Waals surface area contributed by atoms with Crippen molar-refractivity contribution >= 4 is 11.8 Å². The summed E-state index contributed by atoms with van der Waals surface area (Å²) in [5, 5.41) is 20.4. The van der Waals surface area contributed by atoms with Crippen molar-refractivity contribution in [2.45, 2.75) is 37.3 Å². The number of nitrogens with zero attached hydrogens (tertiary/aromatic N) is 6. The van der Waals surface area contributed by atoms with Crippen LogP contribution in [-0.2, 0) is 12.3 Å². The second-order valence-electron chi connectivity index (χ2n) is 5.43. The first-order chi connectivity index (χ1) is 12.7. The van der Waals surface area contributed by atoms with E-state index in [1.165, 1.54) is 11.8 Å². The van der Waals surface area contributed by atoms with Crippen molar-refractivity contribution in [2.75, 3.05) is 14.2 Å². The van der Waals surface area contributed by atoms with Crippen LogP contribution in [0.1, 0.15) is 25.6 Å². The number of ether oxygens (including phenoxy) is 2. The molecule has 26 heavy (non-hydrogen) atoms. The van der Waals surface area contributed by atoms with Crippen LogP contribution in [0.25, 0.3) is 11.5 Å². The molecule has 138 valence electrons. The molecule has 0 aliphatic carbocycles. The summed E-state index contributed by atoms with van der Waals surface area (Å²) in [6.07, 6.45) is 2.12. The number of rotatable bonds is 9. The average molecular weight is 376 g/mol. The molecule has 0 spiro atoms. The molecule has 3 aromatic rings. The third-order valence-corrected chi connectivity index (χ3v) is 4.47. The number of tetrazole rings is 1. The fraction of sp³-hybridized carbons (Fsp3) is 0.438. The van der Waals surface area contributed by atoms with Crippen LogP contribution in [0.2, 0.25) is 0 Å². The fourth-order valence-electron chi connectivity index (χ4n) is 2.25. The van der Waals surface area contributed by atoms with E-state index in [1.54, 1.807) is 25.0 Å². The van der Waals surface area contributed by atoms with Crippen molar-refractivity contribution < 1.29 is 13.9 Å². The van der Waals surface area contributed by atoms with Gasteiger partial charge in [0.2, 0.25) is 5.89 Å². The van der Waals surface area contributed by atoms with Gasteiger partial charge in [-0.25, -0.2) is 4.68 Å². The largest absolute Gasteiger partial charge is 0.497 e. The minimum atomic E-state index is 0.398. The Morgan fingerprint density at radius 2 is 1.85 bits per heavy atom. The quantitative estimate of drug-likeness (QED) is 0.522. The van der Waals surface area contributed by atoms with Gasteiger partial charge in [-0.3, -0.25) is 0 Å². The zero-order valence-electron chi connectivity index (χ0n) is 14.9. The molecule has 2 heterocycles. The van der Waals surface area contributed by atoms with Gasteiger partial charge in [-0.1, -0.05) is 25.1 Å². The molecule has 0 atom stereocenters. The average Bonchev–Trinajstić information content (AvgIpc) is 3.33. The van der Waals surface area contributed by atoms with Gasteiger partial charge in [0.05, 0.1) is 20.0 Å². The Labute approximate surface area is 155 Å². The van der Waals surface area contributed by atoms with E-state index in [1.807, 2.05) is 12.1 Å². The maximum atomic E-state index is 5.74. The second kappa shape index (κ2) is 8.65. The van der Waals surface area contributed by atoms with Gasteiger partial charge in [-0.2, -0.15) is 0 Å². The number of unbranched alkanes of at least 4 members (excludes halogenated alkanes) is 1. The number of benzene rings is 1. The summed E-state index contributed by atoms with van der Waals surface area (Å²) in [7, 11) is 3.19. The van der Waals surface area contributed by atoms with Crippen molar-refractivity contribution in [3.05, 3.63) is 24.0 Å². The van der Waals surface area contributed by atoms with Gasteiger partial charge in [0.25, 0.3) is 5.22 Å². The zero-order valence-corrected chi connectivity index (χ0v) is 15.7. The highest BCUT2D eigenvalue weighted by Crippen LogP contribution is 2.31. The summed E-state index contributed by atoms with van der Waals surface area (Å²) in [5.41, 5.74) is 0.730. The lowest BCUT2D eigenvalue weighted by atomic mass is 10.2. The van der Waals surface area contributed by atoms with Crippen LogP contribution in [0.15, 0.2) is 27.8 Å². The Kier molecular flexibility index (Phi) is 6.05. The molecule has 0 bridgehead atoms. The predicted molar refractivity (Wildman–Crippen MR) is 95.1 cm³/mol. The molecule has 3 rings (SSSR count). The Bertz CT molecular complexity index is 828. The molecule has 0 aliphatic rings. The van der Waals surface area contributed by atoms with E-state index in [0.29, 0.717) is 28.4 Å². The molecular formula is C16H20N6O3S. The highest BCUT2D eigenvalue weighted by Gasteiger charge is 2.14. The number of methoxy groups -OCH3 is 2. The van der Waals surface area contributed by atoms with E-state index in [2.05, 4.69) is 32.6 Å². The molecule has 0 unspecified atom stereocenters. The lowest BCUT2D eigenvalue weighted by Gasteiger charge is -2.05. The molecule has 2 aromatic heterocycles. The fourth-order valence-corrected chi connectivity index (χ4v) is 2.95. The second-order valence-corrected chi connectivity index (χ2v) is 6.36. The summed E-state index contributed by atoms with van der Waals surface area (Å²) >= 11 is 1.40. The minimum absolute atomic E-state index is 0.398. The normalized spacial score (nSPS) is 10.9. The minimum Gasteiger partial charge on any atom is -0.497 e. The maximum Gasteiger partial charge on any atom is 0.277 e. The first-order valence-electron chi connectivity index (χ1n) is 8.18. The topological polar surface area (TPSA) is 101 Å². The summed E-state index contributed by atoms with van der Waals surface area (Å²) in [5.74, 6) is 3.05. The molecule has 0 fully saturated rings. The molecule has 1 aromatic carbocycles. The lowest BCUT2D eigenvalue weighted by molar-refractivity contribution is 0.394. The molecule has 0 saturated heterocycles. The van der Waals surface area contributed by atoms with E-state index in [0.717, 1.165) is 30.8 Å². The van der Waals surface area contributed by atoms with Gasteiger partial charge >= 0.3 is 0 Å². The van der Waals surface area contributed by atoms with Crippen LogP contribution >= 0.6 is 11.8 Å². The van der Waals surface area contributed by atoms with Crippen molar-refractivity contribution in [2.24, 2.45) is 0 Å². The van der Waals surface area contributed by atoms with Crippen LogP contribution in [0, 0.1) is 0 Å². The number of hydrogen-bond acceptors (Lipinski definition) is 9. The van der Waals surface area contributed by atoms with E-state index >= 15 is 0 Å². The monoisotopic (exact) mass is 376 g/mol. The Morgan fingerprint density at radius 1 is 1.08 bits per heavy atom. The molecule has 9 nitrogen and oxygen atoms in total. The van der Waals surface area contributed by atoms with Crippen LogP contribution in [0.4, 0.5) is 0 Å². The molecule has 10 heteroatoms. The van der Waals surface area contributed by atoms with Gasteiger partial charge in [-0.05, 0) is 29.0 Å². The molecule has 0 amide bonds. The Balaban J connectivity index is 1.70. The van der Waals surface area contributed by atoms with E-state index in [4.69, 9.17) is 13.9 Å². The van der Waals surface area contributed by atoms with Gasteiger partial charge in [0.1, 0.15) is 11.5 Å². The van der Waals surface area contributed by atoms with Gasteiger partial charge in [0.15, 0.2) is 5.82 Å². The summed E-state index contributed by atoms with van der Waals surface area (Å²) in [6.45, 7) is 2.93. The molecule has 0 aliphatic heterocycles. The van der Waals surface area contributed by atoms with Gasteiger partial charge < -0.3 is 13.9 Å². The van der Waals surface area contributed by atoms with Crippen molar-refractivity contribution in [3.63, 3.8) is 0 Å². The van der Waals surface area contributed by atoms with E-state index in [-0.39, 0.29) is 0 Å². The summed E-state index contributed by atoms with van der Waals surface area (Å²) in [6, 6.07) is 5.41. The van der Waals surface area contributed by atoms with Crippen molar-refractivity contribution in [3.8, 4) is 23.0 Å². The van der Waals surface area contributed by atoms with Crippen LogP contribution in [0.3, 0.4) is 0 Å². The number of hydrogen-bond donors (Lipinski definition) is 0. The van der Waals surface area contributed by atoms with E-state index < -0.39 is 0 Å². The van der Waals surface area contributed by atoms with Crippen LogP contribution < -0.4 is 9.47 Å². The summed E-state index contributed by atoms with van der Waals surface area (Å²) < 4.78 is 18.1. The zero-order chi connectivity index (χ0) is 18.4. The molecule has 0 N–H and O–H groups in total. The first-order valence-corrected chi connectivity index (χ1v) is 9.16. The summed E-state index contributed by atoms with van der Waals surface area (Å²) in [4.78, 5) is 0. The highest BCUT2D eigenvalue weighted by molar-refractivity contribution is 7.98. The first kappa shape index (κ1) is 18.2. The van der Waals surface area contributed by atoms with Crippen molar-refractivity contribution in [1.29, 1.82) is 0 Å². The Hall–Kier alpha value is -2.62. The van der Waals surface area contributed by atoms with Crippen LogP contribution in [0.5, 0.6) is 11.5 Å². The number of aryl methyl sites for hydroxylation is 1. The smallest absolute Gasteiger partial charge is 0.277 e. The molecular weight excluding hydrogens is 356 g/mol. The predicted octanol–water partition coefficient (Wildman–Crippen LogP) is 2.83. The standard InChI is InChI=1S/C16H20N6O3S/c1-4-5-6-22-14(17-20-21-22)10-26-16-19-18-15(25-16)11-7-12(23-2)9-13(8-11)24-3/h7-9H,4-6,10H2,1-3H3. The highest BCUT2D eigenvalue weighted by atomic mass is 32.2. The lowest BCUT2D eigenvalue weighted by Crippen LogP contribution is -2.04. The van der Waals surface area contributed by atoms with E-state index in [9.17, 15) is 0 Å². The van der Waals surface area contributed by atoms with Crippen molar-refractivity contribution in [1.82, 2.24) is 30.4 Å². The number of thioether (sulfide) groups is 1. The Morgan fingerprint density at radius 3 is 2.54 bits per heavy atom. The molecule has 0 radical (unpaired) electrons. The van der Waals surface area contributed by atoms with Crippen LogP contribution in [-0.4, -0.2) is 44.6 Å². The van der Waals surface area contributed by atoms with Gasteiger partial charge in [-0.15, -0.1) is 15.3 Å². The third kappa shape index (κ3) is 4.31. The third-order valence-electron chi connectivity index (χ3n) is 3.66. The number of aromatic nitrogens is 6. The van der Waals surface area contributed by atoms with Gasteiger partial charge in [0, 0.05) is 18.2 Å².